The number of fused-ring (bicyclic) bond motifs is 1. The fourth-order valence-corrected chi connectivity index (χ4v) is 2.17. The molecule has 0 fully saturated rings. The normalized spacial score (nSPS) is 10.5. The molecule has 0 spiro atoms. The van der Waals surface area contributed by atoms with Gasteiger partial charge in [-0.2, -0.15) is 0 Å². The molecule has 0 aliphatic carbocycles. The van der Waals surface area contributed by atoms with E-state index in [0.29, 0.717) is 9.86 Å². The zero-order valence-corrected chi connectivity index (χ0v) is 10.4. The minimum atomic E-state index is -0.682. The van der Waals surface area contributed by atoms with Crippen LogP contribution in [0.3, 0.4) is 0 Å². The number of anilines is 1. The number of nitrogens with two attached hydrogens (primary N) is 1. The maximum atomic E-state index is 11.0. The van der Waals surface area contributed by atoms with E-state index in [0.717, 1.165) is 6.07 Å². The molecule has 2 rings (SSSR count). The first-order chi connectivity index (χ1) is 8.43. The highest BCUT2D eigenvalue weighted by atomic mass is 79.9. The van der Waals surface area contributed by atoms with Crippen LogP contribution in [-0.2, 0) is 0 Å². The number of nitro benzene ring substituents is 2. The fourth-order valence-electron chi connectivity index (χ4n) is 1.73. The van der Waals surface area contributed by atoms with Crippen molar-refractivity contribution in [2.75, 3.05) is 5.73 Å². The molecule has 0 unspecified atom stereocenters. The lowest BCUT2D eigenvalue weighted by Gasteiger charge is -2.05. The Balaban J connectivity index is 3.04. The van der Waals surface area contributed by atoms with E-state index in [-0.39, 0.29) is 22.4 Å². The molecule has 0 radical (unpaired) electrons. The van der Waals surface area contributed by atoms with Crippen molar-refractivity contribution in [3.8, 4) is 0 Å². The van der Waals surface area contributed by atoms with Crippen molar-refractivity contribution in [1.29, 1.82) is 0 Å². The van der Waals surface area contributed by atoms with Gasteiger partial charge in [0.2, 0.25) is 0 Å². The average molecular weight is 312 g/mol. The van der Waals surface area contributed by atoms with Crippen LogP contribution >= 0.6 is 15.9 Å². The maximum Gasteiger partial charge on any atom is 0.286 e. The lowest BCUT2D eigenvalue weighted by molar-refractivity contribution is -0.390. The Labute approximate surface area is 109 Å². The third-order valence-corrected chi connectivity index (χ3v) is 3.36. The van der Waals surface area contributed by atoms with Crippen LogP contribution in [0, 0.1) is 20.2 Å². The first-order valence-electron chi connectivity index (χ1n) is 4.73. The van der Waals surface area contributed by atoms with Gasteiger partial charge in [0, 0.05) is 22.0 Å². The summed E-state index contributed by atoms with van der Waals surface area (Å²) in [5.74, 6) is 0. The van der Waals surface area contributed by atoms with Gasteiger partial charge in [-0.3, -0.25) is 20.2 Å². The largest absolute Gasteiger partial charge is 0.398 e. The van der Waals surface area contributed by atoms with Crippen molar-refractivity contribution in [3.63, 3.8) is 0 Å². The average Bonchev–Trinajstić information content (AvgIpc) is 2.32. The number of hydrogen-bond acceptors (Lipinski definition) is 5. The molecule has 18 heavy (non-hydrogen) atoms. The second-order valence-electron chi connectivity index (χ2n) is 3.51. The Bertz CT molecular complexity index is 686. The minimum absolute atomic E-state index is 0.0337. The molecular weight excluding hydrogens is 306 g/mol. The molecule has 2 aromatic rings. The molecule has 8 heteroatoms. The van der Waals surface area contributed by atoms with Crippen LogP contribution in [0.5, 0.6) is 0 Å². The number of non-ortho nitro benzene ring substituents is 2. The molecule has 92 valence electrons. The summed E-state index contributed by atoms with van der Waals surface area (Å²) in [6.45, 7) is 0. The van der Waals surface area contributed by atoms with Crippen LogP contribution in [0.1, 0.15) is 0 Å². The lowest BCUT2D eigenvalue weighted by atomic mass is 10.1. The zero-order chi connectivity index (χ0) is 13.4. The summed E-state index contributed by atoms with van der Waals surface area (Å²) in [7, 11) is 0. The monoisotopic (exact) mass is 311 g/mol. The van der Waals surface area contributed by atoms with E-state index in [4.69, 9.17) is 5.73 Å². The van der Waals surface area contributed by atoms with E-state index in [1.807, 2.05) is 0 Å². The van der Waals surface area contributed by atoms with Crippen molar-refractivity contribution >= 4 is 43.8 Å². The number of nitrogens with zero attached hydrogens (tertiary/aromatic N) is 2. The van der Waals surface area contributed by atoms with Gasteiger partial charge >= 0.3 is 0 Å². The predicted octanol–water partition coefficient (Wildman–Crippen LogP) is 3.00. The Kier molecular flexibility index (Phi) is 2.87. The van der Waals surface area contributed by atoms with Gasteiger partial charge in [0.25, 0.3) is 11.4 Å². The molecular formula is C10H6BrN3O4. The van der Waals surface area contributed by atoms with Crippen LogP contribution in [0.2, 0.25) is 0 Å². The Hall–Kier alpha value is -2.22. The third-order valence-electron chi connectivity index (χ3n) is 2.47. The third kappa shape index (κ3) is 1.76. The van der Waals surface area contributed by atoms with Gasteiger partial charge in [-0.25, -0.2) is 0 Å². The van der Waals surface area contributed by atoms with Gasteiger partial charge < -0.3 is 5.73 Å². The van der Waals surface area contributed by atoms with Gasteiger partial charge in [0.05, 0.1) is 15.5 Å². The van der Waals surface area contributed by atoms with Crippen LogP contribution in [0.15, 0.2) is 28.7 Å². The summed E-state index contributed by atoms with van der Waals surface area (Å²) in [5.41, 5.74) is 5.09. The van der Waals surface area contributed by atoms with Crippen molar-refractivity contribution in [3.05, 3.63) is 49.0 Å². The molecule has 0 saturated heterocycles. The van der Waals surface area contributed by atoms with Crippen molar-refractivity contribution < 1.29 is 9.85 Å². The van der Waals surface area contributed by atoms with Gasteiger partial charge in [-0.15, -0.1) is 0 Å². The minimum Gasteiger partial charge on any atom is -0.398 e. The summed E-state index contributed by atoms with van der Waals surface area (Å²) in [5, 5.41) is 22.2. The second-order valence-corrected chi connectivity index (χ2v) is 4.31. The Morgan fingerprint density at radius 1 is 1.11 bits per heavy atom. The fraction of sp³-hybridized carbons (Fsp3) is 0. The zero-order valence-electron chi connectivity index (χ0n) is 8.79. The Morgan fingerprint density at radius 3 is 2.28 bits per heavy atom. The van der Waals surface area contributed by atoms with Crippen molar-refractivity contribution in [2.24, 2.45) is 0 Å². The number of halogens is 1. The molecule has 2 N–H and O–H groups in total. The van der Waals surface area contributed by atoms with E-state index in [2.05, 4.69) is 15.9 Å². The van der Waals surface area contributed by atoms with Crippen LogP contribution in [-0.4, -0.2) is 9.85 Å². The first kappa shape index (κ1) is 12.2. The molecule has 2 aromatic carbocycles. The molecule has 0 bridgehead atoms. The summed E-state index contributed by atoms with van der Waals surface area (Å²) < 4.78 is 0.409. The highest BCUT2D eigenvalue weighted by Crippen LogP contribution is 2.40. The molecule has 0 aliphatic rings. The molecule has 0 saturated carbocycles. The van der Waals surface area contributed by atoms with E-state index in [1.54, 1.807) is 0 Å². The standard InChI is InChI=1S/C10H6BrN3O4/c11-10-5-2-1-3-7(13(15)16)9(5)8(14(17)18)4-6(10)12/h1-4H,12H2. The molecule has 0 amide bonds. The topological polar surface area (TPSA) is 112 Å². The highest BCUT2D eigenvalue weighted by molar-refractivity contribution is 9.10. The molecule has 7 nitrogen and oxygen atoms in total. The van der Waals surface area contributed by atoms with Crippen molar-refractivity contribution in [2.45, 2.75) is 0 Å². The lowest BCUT2D eigenvalue weighted by Crippen LogP contribution is -1.98. The van der Waals surface area contributed by atoms with E-state index < -0.39 is 9.85 Å². The summed E-state index contributed by atoms with van der Waals surface area (Å²) in [6, 6.07) is 5.32. The molecule has 0 aromatic heterocycles. The second kappa shape index (κ2) is 4.22. The van der Waals surface area contributed by atoms with Gasteiger partial charge in [-0.05, 0) is 15.9 Å². The van der Waals surface area contributed by atoms with E-state index in [9.17, 15) is 20.2 Å². The summed E-state index contributed by atoms with van der Waals surface area (Å²) in [4.78, 5) is 20.6. The Morgan fingerprint density at radius 2 is 1.72 bits per heavy atom. The van der Waals surface area contributed by atoms with Crippen molar-refractivity contribution in [1.82, 2.24) is 0 Å². The van der Waals surface area contributed by atoms with Gasteiger partial charge in [0.15, 0.2) is 0 Å². The van der Waals surface area contributed by atoms with Gasteiger partial charge in [0.1, 0.15) is 5.39 Å². The molecule has 0 atom stereocenters. The number of benzene rings is 2. The molecule has 0 heterocycles. The summed E-state index contributed by atoms with van der Waals surface area (Å²) in [6.07, 6.45) is 0. The maximum absolute atomic E-state index is 11.0. The number of rotatable bonds is 2. The molecule has 0 aliphatic heterocycles. The number of hydrogen-bond donors (Lipinski definition) is 1. The summed E-state index contributed by atoms with van der Waals surface area (Å²) >= 11 is 3.18. The number of nitrogen functional groups attached to an aromatic ring is 1. The quantitative estimate of drug-likeness (QED) is 0.520. The smallest absolute Gasteiger partial charge is 0.286 e. The van der Waals surface area contributed by atoms with E-state index >= 15 is 0 Å². The van der Waals surface area contributed by atoms with E-state index in [1.165, 1.54) is 18.2 Å². The predicted molar refractivity (Wildman–Crippen MR) is 69.4 cm³/mol. The van der Waals surface area contributed by atoms with Gasteiger partial charge in [-0.1, -0.05) is 12.1 Å². The number of nitro groups is 2. The van der Waals surface area contributed by atoms with Crippen LogP contribution in [0.25, 0.3) is 10.8 Å². The van der Waals surface area contributed by atoms with Crippen LogP contribution < -0.4 is 5.73 Å². The highest BCUT2D eigenvalue weighted by Gasteiger charge is 2.24. The SMILES string of the molecule is Nc1cc([N+](=O)[O-])c2c([N+](=O)[O-])cccc2c1Br. The first-order valence-corrected chi connectivity index (χ1v) is 5.52. The van der Waals surface area contributed by atoms with Crippen LogP contribution in [0.4, 0.5) is 17.1 Å².